The lowest BCUT2D eigenvalue weighted by atomic mass is 10.2. The van der Waals surface area contributed by atoms with Gasteiger partial charge < -0.3 is 9.47 Å². The van der Waals surface area contributed by atoms with Gasteiger partial charge in [-0.25, -0.2) is 14.8 Å². The van der Waals surface area contributed by atoms with E-state index in [1.807, 2.05) is 6.92 Å². The van der Waals surface area contributed by atoms with E-state index in [-0.39, 0.29) is 17.7 Å². The Morgan fingerprint density at radius 2 is 2.14 bits per heavy atom. The highest BCUT2D eigenvalue weighted by Crippen LogP contribution is 2.35. The zero-order valence-electron chi connectivity index (χ0n) is 11.8. The highest BCUT2D eigenvalue weighted by atomic mass is 32.2. The molecule has 0 aromatic carbocycles. The summed E-state index contributed by atoms with van der Waals surface area (Å²) >= 11 is 2.55. The van der Waals surface area contributed by atoms with Crippen molar-refractivity contribution in [2.45, 2.75) is 18.9 Å². The molecule has 0 fully saturated rings. The summed E-state index contributed by atoms with van der Waals surface area (Å²) in [6.45, 7) is 3.91. The van der Waals surface area contributed by atoms with Crippen molar-refractivity contribution in [2.24, 2.45) is 0 Å². The van der Waals surface area contributed by atoms with Crippen molar-refractivity contribution >= 4 is 45.3 Å². The van der Waals surface area contributed by atoms with Crippen LogP contribution in [0.4, 0.5) is 0 Å². The number of thiophene rings is 1. The first kappa shape index (κ1) is 15.7. The number of hydrogen-bond acceptors (Lipinski definition) is 8. The number of aryl methyl sites for hydroxylation is 1. The Morgan fingerprint density at radius 1 is 1.38 bits per heavy atom. The quantitative estimate of drug-likeness (QED) is 0.474. The maximum Gasteiger partial charge on any atom is 0.348 e. The van der Waals surface area contributed by atoms with Crippen molar-refractivity contribution in [2.75, 3.05) is 19.5 Å². The minimum absolute atomic E-state index is 0.161. The molecule has 2 aromatic rings. The van der Waals surface area contributed by atoms with Crippen LogP contribution in [0.2, 0.25) is 0 Å². The summed E-state index contributed by atoms with van der Waals surface area (Å²) in [6.07, 6.45) is 1.43. The molecule has 2 heterocycles. The fourth-order valence-electron chi connectivity index (χ4n) is 1.68. The zero-order valence-corrected chi connectivity index (χ0v) is 13.5. The first-order chi connectivity index (χ1) is 10.1. The maximum atomic E-state index is 11.9. The molecular formula is C13H14N2O4S2. The van der Waals surface area contributed by atoms with E-state index >= 15 is 0 Å². The van der Waals surface area contributed by atoms with E-state index in [0.29, 0.717) is 22.0 Å². The number of methoxy groups -OCH3 is 1. The molecule has 0 atom stereocenters. The minimum atomic E-state index is -0.359. The van der Waals surface area contributed by atoms with E-state index in [9.17, 15) is 9.59 Å². The Kier molecular flexibility index (Phi) is 5.13. The Balaban J connectivity index is 2.38. The van der Waals surface area contributed by atoms with Crippen LogP contribution in [0.1, 0.15) is 22.2 Å². The van der Waals surface area contributed by atoms with Gasteiger partial charge in [0, 0.05) is 5.56 Å². The second kappa shape index (κ2) is 6.86. The van der Waals surface area contributed by atoms with Crippen LogP contribution >= 0.6 is 23.1 Å². The van der Waals surface area contributed by atoms with Gasteiger partial charge in [-0.05, 0) is 13.8 Å². The van der Waals surface area contributed by atoms with Gasteiger partial charge in [-0.3, -0.25) is 4.79 Å². The monoisotopic (exact) mass is 326 g/mol. The highest BCUT2D eigenvalue weighted by Gasteiger charge is 2.20. The molecule has 0 aliphatic heterocycles. The van der Waals surface area contributed by atoms with Crippen molar-refractivity contribution in [1.29, 1.82) is 0 Å². The molecule has 8 heteroatoms. The fraction of sp³-hybridized carbons (Fsp3) is 0.385. The molecule has 0 spiro atoms. The summed E-state index contributed by atoms with van der Waals surface area (Å²) in [5, 5.41) is 0.661. The van der Waals surface area contributed by atoms with Gasteiger partial charge in [0.05, 0.1) is 29.7 Å². The molecule has 0 bridgehead atoms. The van der Waals surface area contributed by atoms with Gasteiger partial charge in [0.15, 0.2) is 0 Å². The fourth-order valence-corrected chi connectivity index (χ4v) is 3.75. The van der Waals surface area contributed by atoms with Crippen molar-refractivity contribution in [1.82, 2.24) is 9.97 Å². The SMILES string of the molecule is CCOC(=O)c1sc2c(SCC(=O)OC)ncnc2c1C. The van der Waals surface area contributed by atoms with Crippen LogP contribution in [-0.2, 0) is 14.3 Å². The van der Waals surface area contributed by atoms with Crippen LogP contribution in [0.25, 0.3) is 10.2 Å². The van der Waals surface area contributed by atoms with Crippen LogP contribution in [0.5, 0.6) is 0 Å². The van der Waals surface area contributed by atoms with E-state index in [1.54, 1.807) is 6.92 Å². The number of esters is 2. The lowest BCUT2D eigenvalue weighted by molar-refractivity contribution is -0.137. The van der Waals surface area contributed by atoms with Crippen LogP contribution in [-0.4, -0.2) is 41.4 Å². The molecule has 2 aromatic heterocycles. The third-order valence-corrected chi connectivity index (χ3v) is 5.05. The Hall–Kier alpha value is -1.67. The van der Waals surface area contributed by atoms with Crippen molar-refractivity contribution in [3.8, 4) is 0 Å². The molecule has 0 radical (unpaired) electrons. The molecule has 0 saturated carbocycles. The number of aromatic nitrogens is 2. The summed E-state index contributed by atoms with van der Waals surface area (Å²) in [7, 11) is 1.34. The van der Waals surface area contributed by atoms with Crippen molar-refractivity contribution in [3.63, 3.8) is 0 Å². The maximum absolute atomic E-state index is 11.9. The molecule has 21 heavy (non-hydrogen) atoms. The van der Waals surface area contributed by atoms with Crippen LogP contribution in [0.3, 0.4) is 0 Å². The number of hydrogen-bond donors (Lipinski definition) is 0. The number of nitrogens with zero attached hydrogens (tertiary/aromatic N) is 2. The summed E-state index contributed by atoms with van der Waals surface area (Å²) in [5.74, 6) is -0.526. The lowest BCUT2D eigenvalue weighted by Crippen LogP contribution is -2.03. The largest absolute Gasteiger partial charge is 0.468 e. The average Bonchev–Trinajstić information content (AvgIpc) is 2.83. The number of ether oxygens (including phenoxy) is 2. The van der Waals surface area contributed by atoms with Crippen LogP contribution < -0.4 is 0 Å². The molecule has 112 valence electrons. The van der Waals surface area contributed by atoms with Gasteiger partial charge in [0.1, 0.15) is 16.2 Å². The molecular weight excluding hydrogens is 312 g/mol. The van der Waals surface area contributed by atoms with Gasteiger partial charge in [0.25, 0.3) is 0 Å². The summed E-state index contributed by atoms with van der Waals surface area (Å²) in [6, 6.07) is 0. The van der Waals surface area contributed by atoms with Crippen LogP contribution in [0.15, 0.2) is 11.4 Å². The van der Waals surface area contributed by atoms with E-state index in [2.05, 4.69) is 14.7 Å². The van der Waals surface area contributed by atoms with E-state index in [0.717, 1.165) is 10.3 Å². The second-order valence-electron chi connectivity index (χ2n) is 4.00. The van der Waals surface area contributed by atoms with Gasteiger partial charge >= 0.3 is 11.9 Å². The predicted octanol–water partition coefficient (Wildman–Crippen LogP) is 2.44. The smallest absolute Gasteiger partial charge is 0.348 e. The minimum Gasteiger partial charge on any atom is -0.468 e. The number of carbonyl (C=O) groups excluding carboxylic acids is 2. The molecule has 0 saturated heterocycles. The summed E-state index contributed by atoms with van der Waals surface area (Å²) < 4.78 is 10.4. The molecule has 0 aliphatic rings. The average molecular weight is 326 g/mol. The number of carbonyl (C=O) groups is 2. The topological polar surface area (TPSA) is 78.4 Å². The van der Waals surface area contributed by atoms with E-state index in [4.69, 9.17) is 4.74 Å². The molecule has 0 N–H and O–H groups in total. The number of thioether (sulfide) groups is 1. The lowest BCUT2D eigenvalue weighted by Gasteiger charge is -2.00. The van der Waals surface area contributed by atoms with E-state index < -0.39 is 0 Å². The van der Waals surface area contributed by atoms with Crippen molar-refractivity contribution in [3.05, 3.63) is 16.8 Å². The van der Waals surface area contributed by atoms with Gasteiger partial charge in [-0.15, -0.1) is 11.3 Å². The third-order valence-electron chi connectivity index (χ3n) is 2.69. The van der Waals surface area contributed by atoms with E-state index in [1.165, 1.54) is 36.5 Å². The Labute approximate surface area is 129 Å². The van der Waals surface area contributed by atoms with Crippen LogP contribution in [0, 0.1) is 6.92 Å². The summed E-state index contributed by atoms with van der Waals surface area (Å²) in [4.78, 5) is 32.1. The second-order valence-corrected chi connectivity index (χ2v) is 5.98. The van der Waals surface area contributed by atoms with Crippen molar-refractivity contribution < 1.29 is 19.1 Å². The molecule has 0 unspecified atom stereocenters. The standard InChI is InChI=1S/C13H14N2O4S2/c1-4-19-13(17)10-7(2)9-11(21-10)12(15-6-14-9)20-5-8(16)18-3/h6H,4-5H2,1-3H3. The third kappa shape index (κ3) is 3.33. The van der Waals surface area contributed by atoms with Gasteiger partial charge in [-0.1, -0.05) is 11.8 Å². The zero-order chi connectivity index (χ0) is 15.4. The highest BCUT2D eigenvalue weighted by molar-refractivity contribution is 8.00. The first-order valence-electron chi connectivity index (χ1n) is 6.19. The normalized spacial score (nSPS) is 10.6. The number of fused-ring (bicyclic) bond motifs is 1. The summed E-state index contributed by atoms with van der Waals surface area (Å²) in [5.41, 5.74) is 1.49. The Morgan fingerprint density at radius 3 is 2.81 bits per heavy atom. The molecule has 0 aliphatic carbocycles. The molecule has 6 nitrogen and oxygen atoms in total. The molecule has 0 amide bonds. The van der Waals surface area contributed by atoms with Gasteiger partial charge in [-0.2, -0.15) is 0 Å². The first-order valence-corrected chi connectivity index (χ1v) is 7.99. The number of rotatable bonds is 5. The Bertz CT molecular complexity index is 684. The molecule has 2 rings (SSSR count). The van der Waals surface area contributed by atoms with Gasteiger partial charge in [0.2, 0.25) is 0 Å². The predicted molar refractivity (Wildman–Crippen MR) is 80.8 cm³/mol.